The molecular formula is C27H47NO4. The Labute approximate surface area is 195 Å². The van der Waals surface area contributed by atoms with Crippen LogP contribution >= 0.6 is 0 Å². The van der Waals surface area contributed by atoms with Gasteiger partial charge in [-0.25, -0.2) is 0 Å². The molecule has 10 atom stereocenters. The molecule has 4 fully saturated rings. The predicted octanol–water partition coefficient (Wildman–Crippen LogP) is 4.69. The van der Waals surface area contributed by atoms with Crippen molar-refractivity contribution in [3.8, 4) is 0 Å². The van der Waals surface area contributed by atoms with Gasteiger partial charge in [0.25, 0.3) is 0 Å². The first-order chi connectivity index (χ1) is 15.3. The number of carbonyl (C=O) groups is 1. The maximum atomic E-state index is 12.6. The Kier molecular flexibility index (Phi) is 7.30. The molecule has 0 bridgehead atoms. The number of carbonyl (C=O) groups excluding carboxylic acids is 1. The van der Waals surface area contributed by atoms with Crippen LogP contribution in [0.15, 0.2) is 0 Å². The molecule has 4 saturated carbocycles. The lowest BCUT2D eigenvalue weighted by Crippen LogP contribution is -2.63. The molecule has 0 aliphatic heterocycles. The van der Waals surface area contributed by atoms with E-state index in [4.69, 9.17) is 15.2 Å². The summed E-state index contributed by atoms with van der Waals surface area (Å²) in [5.74, 6) is 2.04. The summed E-state index contributed by atoms with van der Waals surface area (Å²) in [6, 6.07) is 0.0970. The minimum Gasteiger partial charge on any atom is -0.469 e. The Hall–Kier alpha value is -0.650. The zero-order chi connectivity index (χ0) is 23.1. The standard InChI is InChI=1S/C27H47NO4/c1-5-6-7-8-13-32-23-16-26(2)17(14-22(23)29)9-10-18-19-11-12-20(25(30)31-4)27(19,3)15-21(28)24(18)26/h17-24,29H,5-16,28H2,1-4H3/t17?,18-,19-,20?,21?,22?,23?,24-,26-,27-/m0/s1. The van der Waals surface area contributed by atoms with Gasteiger partial charge in [0.15, 0.2) is 0 Å². The molecule has 4 aliphatic carbocycles. The highest BCUT2D eigenvalue weighted by atomic mass is 16.5. The summed E-state index contributed by atoms with van der Waals surface area (Å²) < 4.78 is 11.5. The number of unbranched alkanes of at least 4 members (excludes halogenated alkanes) is 3. The second-order valence-electron chi connectivity index (χ2n) is 12.1. The number of aliphatic hydroxyl groups excluding tert-OH is 1. The highest BCUT2D eigenvalue weighted by Gasteiger charge is 2.64. The van der Waals surface area contributed by atoms with Crippen molar-refractivity contribution >= 4 is 5.97 Å². The van der Waals surface area contributed by atoms with Crippen LogP contribution in [-0.4, -0.2) is 43.0 Å². The fraction of sp³-hybridized carbons (Fsp3) is 0.963. The SMILES string of the molecule is CCCCCCOC1C[C@@]2(C)C(CC[C@@H]3[C@H]2C(N)C[C@]2(C)C(C(=O)OC)CC[C@@H]32)CC1O. The molecule has 184 valence electrons. The van der Waals surface area contributed by atoms with Gasteiger partial charge in [0.05, 0.1) is 25.2 Å². The fourth-order valence-corrected chi connectivity index (χ4v) is 8.98. The van der Waals surface area contributed by atoms with Crippen molar-refractivity contribution in [2.75, 3.05) is 13.7 Å². The van der Waals surface area contributed by atoms with E-state index in [0.29, 0.717) is 23.7 Å². The Morgan fingerprint density at radius 1 is 1.06 bits per heavy atom. The van der Waals surface area contributed by atoms with Crippen LogP contribution in [0.3, 0.4) is 0 Å². The molecule has 3 N–H and O–H groups in total. The monoisotopic (exact) mass is 449 g/mol. The molecule has 0 amide bonds. The summed E-state index contributed by atoms with van der Waals surface area (Å²) in [7, 11) is 1.52. The molecule has 4 rings (SSSR count). The van der Waals surface area contributed by atoms with Gasteiger partial charge < -0.3 is 20.3 Å². The number of hydrogen-bond acceptors (Lipinski definition) is 5. The van der Waals surface area contributed by atoms with Crippen molar-refractivity contribution in [3.05, 3.63) is 0 Å². The van der Waals surface area contributed by atoms with Crippen LogP contribution in [0.4, 0.5) is 0 Å². The van der Waals surface area contributed by atoms with Crippen LogP contribution in [0.25, 0.3) is 0 Å². The van der Waals surface area contributed by atoms with Gasteiger partial charge in [-0.1, -0.05) is 40.0 Å². The lowest BCUT2D eigenvalue weighted by atomic mass is 9.43. The summed E-state index contributed by atoms with van der Waals surface area (Å²) in [5, 5.41) is 10.9. The number of ether oxygens (including phenoxy) is 2. The number of aliphatic hydroxyl groups is 1. The van der Waals surface area contributed by atoms with E-state index in [1.165, 1.54) is 39.2 Å². The normalized spacial score (nSPS) is 47.9. The van der Waals surface area contributed by atoms with Gasteiger partial charge in [0.2, 0.25) is 0 Å². The summed E-state index contributed by atoms with van der Waals surface area (Å²) >= 11 is 0. The number of esters is 1. The first-order valence-corrected chi connectivity index (χ1v) is 13.4. The number of rotatable bonds is 7. The Morgan fingerprint density at radius 3 is 2.56 bits per heavy atom. The molecular weight excluding hydrogens is 402 g/mol. The van der Waals surface area contributed by atoms with Crippen LogP contribution in [0.2, 0.25) is 0 Å². The minimum absolute atomic E-state index is 0.0117. The molecule has 0 aromatic rings. The maximum Gasteiger partial charge on any atom is 0.309 e. The van der Waals surface area contributed by atoms with E-state index in [-0.39, 0.29) is 41.0 Å². The molecule has 32 heavy (non-hydrogen) atoms. The average Bonchev–Trinajstić information content (AvgIpc) is 3.10. The summed E-state index contributed by atoms with van der Waals surface area (Å²) in [4.78, 5) is 12.6. The van der Waals surface area contributed by atoms with Gasteiger partial charge in [-0.05, 0) is 85.9 Å². The zero-order valence-electron chi connectivity index (χ0n) is 20.9. The van der Waals surface area contributed by atoms with E-state index in [0.717, 1.165) is 45.1 Å². The molecule has 5 nitrogen and oxygen atoms in total. The van der Waals surface area contributed by atoms with Gasteiger partial charge in [0, 0.05) is 12.6 Å². The second-order valence-corrected chi connectivity index (χ2v) is 12.1. The molecule has 0 spiro atoms. The van der Waals surface area contributed by atoms with Gasteiger partial charge in [0.1, 0.15) is 0 Å². The fourth-order valence-electron chi connectivity index (χ4n) is 8.98. The summed E-state index contributed by atoms with van der Waals surface area (Å²) in [5.41, 5.74) is 7.08. The first kappa shape index (κ1) is 24.5. The van der Waals surface area contributed by atoms with E-state index >= 15 is 0 Å². The number of fused-ring (bicyclic) bond motifs is 5. The molecule has 0 aromatic carbocycles. The van der Waals surface area contributed by atoms with Gasteiger partial charge in [-0.3, -0.25) is 4.79 Å². The first-order valence-electron chi connectivity index (χ1n) is 13.4. The van der Waals surface area contributed by atoms with E-state index in [1.807, 2.05) is 0 Å². The van der Waals surface area contributed by atoms with Crippen LogP contribution in [-0.2, 0) is 14.3 Å². The lowest BCUT2D eigenvalue weighted by Gasteiger charge is -2.63. The maximum absolute atomic E-state index is 12.6. The molecule has 5 unspecified atom stereocenters. The third kappa shape index (κ3) is 4.05. The molecule has 0 aromatic heterocycles. The predicted molar refractivity (Wildman–Crippen MR) is 126 cm³/mol. The molecule has 4 aliphatic rings. The van der Waals surface area contributed by atoms with Crippen LogP contribution < -0.4 is 5.73 Å². The second kappa shape index (κ2) is 9.54. The number of hydrogen-bond donors (Lipinski definition) is 2. The van der Waals surface area contributed by atoms with E-state index in [1.54, 1.807) is 0 Å². The van der Waals surface area contributed by atoms with Crippen molar-refractivity contribution in [2.45, 2.75) is 110 Å². The summed E-state index contributed by atoms with van der Waals surface area (Å²) in [6.07, 6.45) is 11.4. The van der Waals surface area contributed by atoms with E-state index in [2.05, 4.69) is 20.8 Å². The smallest absolute Gasteiger partial charge is 0.309 e. The quantitative estimate of drug-likeness (QED) is 0.435. The van der Waals surface area contributed by atoms with Crippen LogP contribution in [0.5, 0.6) is 0 Å². The van der Waals surface area contributed by atoms with E-state index in [9.17, 15) is 9.90 Å². The zero-order valence-corrected chi connectivity index (χ0v) is 20.9. The van der Waals surface area contributed by atoms with Crippen molar-refractivity contribution in [3.63, 3.8) is 0 Å². The van der Waals surface area contributed by atoms with Crippen LogP contribution in [0.1, 0.15) is 91.4 Å². The Morgan fingerprint density at radius 2 is 1.84 bits per heavy atom. The van der Waals surface area contributed by atoms with Gasteiger partial charge in [-0.2, -0.15) is 0 Å². The molecule has 0 radical (unpaired) electrons. The van der Waals surface area contributed by atoms with Crippen LogP contribution in [0, 0.1) is 40.4 Å². The third-order valence-corrected chi connectivity index (χ3v) is 10.5. The van der Waals surface area contributed by atoms with Gasteiger partial charge >= 0.3 is 5.97 Å². The third-order valence-electron chi connectivity index (χ3n) is 10.5. The highest BCUT2D eigenvalue weighted by Crippen LogP contribution is 2.67. The average molecular weight is 450 g/mol. The van der Waals surface area contributed by atoms with E-state index < -0.39 is 0 Å². The summed E-state index contributed by atoms with van der Waals surface area (Å²) in [6.45, 7) is 7.74. The van der Waals surface area contributed by atoms with Crippen molar-refractivity contribution < 1.29 is 19.4 Å². The largest absolute Gasteiger partial charge is 0.469 e. The number of methoxy groups -OCH3 is 1. The Bertz CT molecular complexity index is 670. The topological polar surface area (TPSA) is 81.8 Å². The minimum atomic E-state index is -0.351. The lowest BCUT2D eigenvalue weighted by molar-refractivity contribution is -0.180. The van der Waals surface area contributed by atoms with Crippen molar-refractivity contribution in [1.29, 1.82) is 0 Å². The molecule has 0 saturated heterocycles. The molecule has 0 heterocycles. The van der Waals surface area contributed by atoms with Gasteiger partial charge in [-0.15, -0.1) is 0 Å². The van der Waals surface area contributed by atoms with Crippen molar-refractivity contribution in [2.24, 2.45) is 46.2 Å². The Balaban J connectivity index is 1.51. The highest BCUT2D eigenvalue weighted by molar-refractivity contribution is 5.74. The molecule has 5 heteroatoms. The number of nitrogens with two attached hydrogens (primary N) is 1. The van der Waals surface area contributed by atoms with Crippen molar-refractivity contribution in [1.82, 2.24) is 0 Å².